The number of hydrogen-bond donors (Lipinski definition) is 1. The van der Waals surface area contributed by atoms with E-state index in [2.05, 4.69) is 42.9 Å². The Morgan fingerprint density at radius 2 is 2.13 bits per heavy atom. The van der Waals surface area contributed by atoms with Crippen molar-refractivity contribution in [3.8, 4) is 0 Å². The molecular formula is C24H26N6O. The molecule has 5 rings (SSSR count). The Balaban J connectivity index is 1.33. The highest BCUT2D eigenvalue weighted by atomic mass is 16.1. The number of pyridine rings is 3. The van der Waals surface area contributed by atoms with Crippen molar-refractivity contribution < 1.29 is 4.79 Å². The zero-order valence-corrected chi connectivity index (χ0v) is 17.6. The molecule has 2 unspecified atom stereocenters. The summed E-state index contributed by atoms with van der Waals surface area (Å²) in [5.74, 6) is 0.709. The lowest BCUT2D eigenvalue weighted by Crippen LogP contribution is -2.38. The van der Waals surface area contributed by atoms with Crippen molar-refractivity contribution in [1.82, 2.24) is 19.4 Å². The van der Waals surface area contributed by atoms with E-state index >= 15 is 0 Å². The van der Waals surface area contributed by atoms with Gasteiger partial charge in [-0.1, -0.05) is 12.1 Å². The van der Waals surface area contributed by atoms with Crippen molar-refractivity contribution in [2.45, 2.75) is 37.9 Å². The molecule has 1 aliphatic heterocycles. The van der Waals surface area contributed by atoms with Crippen LogP contribution in [0.25, 0.3) is 0 Å². The first-order valence-corrected chi connectivity index (χ1v) is 10.8. The third-order valence-electron chi connectivity index (χ3n) is 6.15. The topological polar surface area (TPSA) is 75.4 Å². The minimum Gasteiger partial charge on any atom is -0.366 e. The van der Waals surface area contributed by atoms with E-state index in [1.54, 1.807) is 24.5 Å². The summed E-state index contributed by atoms with van der Waals surface area (Å²) in [5.41, 5.74) is 3.75. The predicted molar refractivity (Wildman–Crippen MR) is 119 cm³/mol. The molecule has 0 fully saturated rings. The number of carbonyl (C=O) groups excluding carboxylic acids is 1. The normalized spacial score (nSPS) is 20.3. The summed E-state index contributed by atoms with van der Waals surface area (Å²) >= 11 is 0. The number of aromatic nitrogens is 3. The molecule has 0 saturated heterocycles. The second-order valence-electron chi connectivity index (χ2n) is 8.28. The van der Waals surface area contributed by atoms with Crippen LogP contribution in [-0.2, 0) is 13.0 Å². The van der Waals surface area contributed by atoms with E-state index < -0.39 is 0 Å². The van der Waals surface area contributed by atoms with Gasteiger partial charge in [0.05, 0.1) is 23.3 Å². The van der Waals surface area contributed by atoms with Crippen LogP contribution in [0.4, 0.5) is 5.82 Å². The average Bonchev–Trinajstić information content (AvgIpc) is 3.22. The largest absolute Gasteiger partial charge is 0.366 e. The van der Waals surface area contributed by atoms with Gasteiger partial charge in [0.25, 0.3) is 5.91 Å². The molecule has 0 bridgehead atoms. The minimum atomic E-state index is -0.278. The van der Waals surface area contributed by atoms with Gasteiger partial charge in [-0.25, -0.2) is 0 Å². The SMILES string of the molecule is CN(CC1Cn2c(cccc2=NC(=O)c2cccnc2)N1)C1CCCc2cccnc21. The first-order chi connectivity index (χ1) is 15.2. The quantitative estimate of drug-likeness (QED) is 0.711. The molecule has 3 aromatic heterocycles. The van der Waals surface area contributed by atoms with Gasteiger partial charge in [0, 0.05) is 31.7 Å². The minimum absolute atomic E-state index is 0.240. The molecule has 2 atom stereocenters. The Bertz CT molecular complexity index is 1160. The smallest absolute Gasteiger partial charge is 0.280 e. The Morgan fingerprint density at radius 1 is 1.23 bits per heavy atom. The summed E-state index contributed by atoms with van der Waals surface area (Å²) in [5, 5.41) is 3.60. The van der Waals surface area contributed by atoms with Crippen molar-refractivity contribution in [1.29, 1.82) is 0 Å². The van der Waals surface area contributed by atoms with Gasteiger partial charge in [-0.2, -0.15) is 4.99 Å². The second-order valence-corrected chi connectivity index (χ2v) is 8.28. The monoisotopic (exact) mass is 414 g/mol. The average molecular weight is 415 g/mol. The summed E-state index contributed by atoms with van der Waals surface area (Å²) in [7, 11) is 2.18. The molecule has 0 saturated carbocycles. The maximum Gasteiger partial charge on any atom is 0.280 e. The fraction of sp³-hybridized carbons (Fsp3) is 0.333. The molecule has 1 aliphatic carbocycles. The van der Waals surface area contributed by atoms with E-state index in [9.17, 15) is 4.79 Å². The Kier molecular flexibility index (Phi) is 5.34. The third-order valence-corrected chi connectivity index (χ3v) is 6.15. The zero-order valence-electron chi connectivity index (χ0n) is 17.6. The number of likely N-dealkylation sites (N-methyl/N-ethyl adjacent to an activating group) is 1. The predicted octanol–water partition coefficient (Wildman–Crippen LogP) is 2.82. The van der Waals surface area contributed by atoms with Gasteiger partial charge in [0.1, 0.15) is 11.3 Å². The number of anilines is 1. The van der Waals surface area contributed by atoms with Crippen LogP contribution < -0.4 is 10.8 Å². The third kappa shape index (κ3) is 4.01. The Labute approximate surface area is 181 Å². The van der Waals surface area contributed by atoms with E-state index in [-0.39, 0.29) is 11.9 Å². The van der Waals surface area contributed by atoms with Crippen LogP contribution in [0.2, 0.25) is 0 Å². The molecule has 2 aliphatic rings. The molecule has 0 aromatic carbocycles. The molecule has 31 heavy (non-hydrogen) atoms. The molecule has 1 amide bonds. The molecular weight excluding hydrogens is 388 g/mol. The molecule has 3 aromatic rings. The second kappa shape index (κ2) is 8.43. The number of carbonyl (C=O) groups is 1. The van der Waals surface area contributed by atoms with Crippen LogP contribution in [0, 0.1) is 0 Å². The fourth-order valence-corrected chi connectivity index (χ4v) is 4.67. The maximum absolute atomic E-state index is 12.5. The number of hydrogen-bond acceptors (Lipinski definition) is 5. The lowest BCUT2D eigenvalue weighted by Gasteiger charge is -2.33. The van der Waals surface area contributed by atoms with Gasteiger partial charge in [-0.3, -0.25) is 19.7 Å². The molecule has 7 heteroatoms. The van der Waals surface area contributed by atoms with Crippen molar-refractivity contribution in [2.24, 2.45) is 4.99 Å². The highest BCUT2D eigenvalue weighted by Crippen LogP contribution is 2.32. The number of rotatable bonds is 4. The van der Waals surface area contributed by atoms with Gasteiger partial charge in [-0.05, 0) is 62.2 Å². The highest BCUT2D eigenvalue weighted by molar-refractivity contribution is 5.94. The Hall–Kier alpha value is -3.32. The van der Waals surface area contributed by atoms with Gasteiger partial charge in [0.2, 0.25) is 0 Å². The molecule has 0 radical (unpaired) electrons. The lowest BCUT2D eigenvalue weighted by atomic mass is 9.91. The number of amides is 1. The molecule has 0 spiro atoms. The molecule has 158 valence electrons. The summed E-state index contributed by atoms with van der Waals surface area (Å²) in [6.07, 6.45) is 8.54. The van der Waals surface area contributed by atoms with Crippen molar-refractivity contribution in [3.63, 3.8) is 0 Å². The number of aryl methyl sites for hydroxylation is 1. The van der Waals surface area contributed by atoms with Crippen molar-refractivity contribution in [3.05, 3.63) is 83.4 Å². The van der Waals surface area contributed by atoms with Crippen molar-refractivity contribution >= 4 is 11.7 Å². The summed E-state index contributed by atoms with van der Waals surface area (Å²) < 4.78 is 2.08. The van der Waals surface area contributed by atoms with Crippen LogP contribution in [0.15, 0.2) is 66.0 Å². The highest BCUT2D eigenvalue weighted by Gasteiger charge is 2.28. The van der Waals surface area contributed by atoms with Crippen LogP contribution >= 0.6 is 0 Å². The first-order valence-electron chi connectivity index (χ1n) is 10.8. The summed E-state index contributed by atoms with van der Waals surface area (Å²) in [4.78, 5) is 28.0. The van der Waals surface area contributed by atoms with Crippen LogP contribution in [-0.4, -0.2) is 45.0 Å². The molecule has 7 nitrogen and oxygen atoms in total. The summed E-state index contributed by atoms with van der Waals surface area (Å²) in [6.45, 7) is 1.65. The van der Waals surface area contributed by atoms with Crippen LogP contribution in [0.3, 0.4) is 0 Å². The Morgan fingerprint density at radius 3 is 3.00 bits per heavy atom. The van der Waals surface area contributed by atoms with Gasteiger partial charge >= 0.3 is 0 Å². The van der Waals surface area contributed by atoms with E-state index in [4.69, 9.17) is 0 Å². The maximum atomic E-state index is 12.5. The first kappa shape index (κ1) is 19.6. The van der Waals surface area contributed by atoms with E-state index in [1.807, 2.05) is 30.5 Å². The van der Waals surface area contributed by atoms with Crippen LogP contribution in [0.5, 0.6) is 0 Å². The number of fused-ring (bicyclic) bond motifs is 2. The number of nitrogens with one attached hydrogen (secondary N) is 1. The molecule has 4 heterocycles. The lowest BCUT2D eigenvalue weighted by molar-refractivity contribution is 0.0996. The van der Waals surface area contributed by atoms with Crippen LogP contribution in [0.1, 0.15) is 40.5 Å². The van der Waals surface area contributed by atoms with Gasteiger partial charge < -0.3 is 9.88 Å². The number of nitrogens with zero attached hydrogens (tertiary/aromatic N) is 5. The van der Waals surface area contributed by atoms with Crippen molar-refractivity contribution in [2.75, 3.05) is 18.9 Å². The molecule has 1 N–H and O–H groups in total. The van der Waals surface area contributed by atoms with E-state index in [0.717, 1.165) is 31.7 Å². The van der Waals surface area contributed by atoms with Gasteiger partial charge in [-0.15, -0.1) is 0 Å². The zero-order chi connectivity index (χ0) is 21.2. The summed E-state index contributed by atoms with van der Waals surface area (Å²) in [6, 6.07) is 14.1. The standard InChI is InChI=1S/C24H26N6O/c1-29(20-9-2-6-17-7-5-13-26-23(17)20)15-19-16-30-21(27-19)10-3-11-22(30)28-24(31)18-8-4-12-25-14-18/h3-5,7-8,10-14,19-20,27H,2,6,9,15-16H2,1H3. The van der Waals surface area contributed by atoms with E-state index in [0.29, 0.717) is 17.1 Å². The van der Waals surface area contributed by atoms with E-state index in [1.165, 1.54) is 17.7 Å². The fourth-order valence-electron chi connectivity index (χ4n) is 4.67. The van der Waals surface area contributed by atoms with Gasteiger partial charge in [0.15, 0.2) is 0 Å².